The summed E-state index contributed by atoms with van der Waals surface area (Å²) in [5.74, 6) is -3.31. The summed E-state index contributed by atoms with van der Waals surface area (Å²) in [5, 5.41) is 23.2. The highest BCUT2D eigenvalue weighted by Crippen LogP contribution is 2.20. The fraction of sp³-hybridized carbons (Fsp3) is 0.286. The van der Waals surface area contributed by atoms with E-state index in [0.717, 1.165) is 23.6 Å². The predicted molar refractivity (Wildman–Crippen MR) is 161 cm³/mol. The Morgan fingerprint density at radius 3 is 2.40 bits per heavy atom. The van der Waals surface area contributed by atoms with E-state index in [-0.39, 0.29) is 47.8 Å². The van der Waals surface area contributed by atoms with Crippen LogP contribution in [0.25, 0.3) is 10.8 Å². The number of nitrogens with zero attached hydrogens (tertiary/aromatic N) is 1. The number of carbonyl (C=O) groups is 3. The third kappa shape index (κ3) is 8.41. The zero-order valence-electron chi connectivity index (χ0n) is 22.6. The highest BCUT2D eigenvalue weighted by atomic mass is 35.5. The van der Waals surface area contributed by atoms with Crippen molar-refractivity contribution in [3.05, 3.63) is 72.3 Å². The Bertz CT molecular complexity index is 1570. The molecule has 3 aromatic carbocycles. The molecule has 2 amide bonds. The molecular weight excluding hydrogens is 584 g/mol. The topological polar surface area (TPSA) is 195 Å². The van der Waals surface area contributed by atoms with Gasteiger partial charge in [0.1, 0.15) is 6.04 Å². The fourth-order valence-corrected chi connectivity index (χ4v) is 5.97. The van der Waals surface area contributed by atoms with Gasteiger partial charge in [-0.05, 0) is 65.8 Å². The Morgan fingerprint density at radius 1 is 1.05 bits per heavy atom. The number of piperidine rings is 1. The molecule has 4 rings (SSSR count). The number of fused-ring (bicyclic) bond motifs is 1. The van der Waals surface area contributed by atoms with Crippen LogP contribution in [0, 0.1) is 11.3 Å². The van der Waals surface area contributed by atoms with E-state index in [0.29, 0.717) is 18.7 Å². The molecule has 1 aliphatic rings. The molecule has 42 heavy (non-hydrogen) atoms. The molecule has 0 spiro atoms. The van der Waals surface area contributed by atoms with Gasteiger partial charge in [0.2, 0.25) is 15.9 Å². The molecule has 0 aliphatic carbocycles. The second-order valence-electron chi connectivity index (χ2n) is 9.93. The predicted octanol–water partition coefficient (Wildman–Crippen LogP) is 1.90. The minimum atomic E-state index is -4.10. The number of hydrogen-bond acceptors (Lipinski definition) is 6. The molecule has 1 fully saturated rings. The maximum absolute atomic E-state index is 13.4. The molecule has 0 aromatic heterocycles. The quantitative estimate of drug-likeness (QED) is 0.119. The number of rotatable bonds is 9. The molecule has 12 nitrogen and oxygen atoms in total. The second-order valence-corrected chi connectivity index (χ2v) is 11.6. The molecule has 14 heteroatoms. The average molecular weight is 617 g/mol. The van der Waals surface area contributed by atoms with Crippen LogP contribution in [-0.2, 0) is 30.8 Å². The van der Waals surface area contributed by atoms with E-state index in [2.05, 4.69) is 15.4 Å². The van der Waals surface area contributed by atoms with Crippen molar-refractivity contribution < 1.29 is 27.9 Å². The Morgan fingerprint density at radius 2 is 1.74 bits per heavy atom. The van der Waals surface area contributed by atoms with E-state index in [1.54, 1.807) is 35.2 Å². The number of carbonyl (C=O) groups excluding carboxylic acids is 2. The van der Waals surface area contributed by atoms with Crippen molar-refractivity contribution in [2.24, 2.45) is 11.7 Å². The molecule has 0 unspecified atom stereocenters. The number of aliphatic carboxylic acids is 1. The van der Waals surface area contributed by atoms with Gasteiger partial charge in [-0.2, -0.15) is 4.72 Å². The highest BCUT2D eigenvalue weighted by molar-refractivity contribution is 7.89. The molecule has 0 saturated carbocycles. The maximum atomic E-state index is 13.4. The van der Waals surface area contributed by atoms with Crippen LogP contribution in [0.1, 0.15) is 18.4 Å². The number of nitrogens with two attached hydrogens (primary N) is 1. The van der Waals surface area contributed by atoms with Gasteiger partial charge in [-0.15, -0.1) is 12.4 Å². The van der Waals surface area contributed by atoms with Crippen molar-refractivity contribution in [2.75, 3.05) is 25.0 Å². The Hall–Kier alpha value is -4.20. The van der Waals surface area contributed by atoms with Crippen molar-refractivity contribution >= 4 is 62.6 Å². The lowest BCUT2D eigenvalue weighted by atomic mass is 9.98. The number of hydrogen-bond donors (Lipinski definition) is 6. The molecular formula is C28H33ClN6O6S. The molecule has 1 heterocycles. The van der Waals surface area contributed by atoms with Crippen LogP contribution in [0.2, 0.25) is 0 Å². The molecule has 0 bridgehead atoms. The lowest BCUT2D eigenvalue weighted by molar-refractivity contribution is -0.147. The summed E-state index contributed by atoms with van der Waals surface area (Å²) >= 11 is 0. The van der Waals surface area contributed by atoms with E-state index in [1.165, 1.54) is 18.2 Å². The zero-order valence-corrected chi connectivity index (χ0v) is 24.2. The molecule has 1 aliphatic heterocycles. The molecule has 0 radical (unpaired) electrons. The number of halogens is 1. The molecule has 3 aromatic rings. The summed E-state index contributed by atoms with van der Waals surface area (Å²) in [5.41, 5.74) is 6.45. The normalized spacial score (nSPS) is 15.7. The SMILES string of the molecule is Cl.N=C(N)N1CCC[C@@H](CNC(=O)[C@@H](Cc2ccc(NC(=O)C(=O)O)cc2)NS(=O)(=O)c2ccc3ccccc3c2)C1. The van der Waals surface area contributed by atoms with E-state index < -0.39 is 33.8 Å². The van der Waals surface area contributed by atoms with Gasteiger partial charge in [-0.25, -0.2) is 13.2 Å². The lowest BCUT2D eigenvalue weighted by Gasteiger charge is -2.33. The van der Waals surface area contributed by atoms with Crippen LogP contribution >= 0.6 is 12.4 Å². The van der Waals surface area contributed by atoms with Crippen molar-refractivity contribution in [3.63, 3.8) is 0 Å². The Kier molecular flexibility index (Phi) is 10.9. The number of sulfonamides is 1. The van der Waals surface area contributed by atoms with Gasteiger partial charge in [-0.3, -0.25) is 15.0 Å². The summed E-state index contributed by atoms with van der Waals surface area (Å²) in [6.45, 7) is 1.49. The number of nitrogens with one attached hydrogen (secondary N) is 4. The Labute approximate surface area is 249 Å². The number of carboxylic acid groups (broad SMARTS) is 1. The van der Waals surface area contributed by atoms with E-state index >= 15 is 0 Å². The van der Waals surface area contributed by atoms with Crippen LogP contribution in [-0.4, -0.2) is 67.8 Å². The fourth-order valence-electron chi connectivity index (χ4n) is 4.74. The number of guanidine groups is 1. The van der Waals surface area contributed by atoms with Crippen LogP contribution in [0.5, 0.6) is 0 Å². The summed E-state index contributed by atoms with van der Waals surface area (Å²) in [7, 11) is -4.10. The number of amides is 2. The molecule has 224 valence electrons. The van der Waals surface area contributed by atoms with Gasteiger partial charge in [0.05, 0.1) is 4.90 Å². The zero-order chi connectivity index (χ0) is 29.6. The van der Waals surface area contributed by atoms with Crippen molar-refractivity contribution in [1.82, 2.24) is 14.9 Å². The largest absolute Gasteiger partial charge is 0.474 e. The van der Waals surface area contributed by atoms with Crippen LogP contribution in [0.15, 0.2) is 71.6 Å². The third-order valence-electron chi connectivity index (χ3n) is 6.92. The van der Waals surface area contributed by atoms with Crippen LogP contribution in [0.4, 0.5) is 5.69 Å². The monoisotopic (exact) mass is 616 g/mol. The lowest BCUT2D eigenvalue weighted by Crippen LogP contribution is -2.51. The summed E-state index contributed by atoms with van der Waals surface area (Å²) < 4.78 is 29.4. The molecule has 7 N–H and O–H groups in total. The number of benzene rings is 3. The number of carboxylic acids is 1. The van der Waals surface area contributed by atoms with Crippen molar-refractivity contribution in [2.45, 2.75) is 30.2 Å². The van der Waals surface area contributed by atoms with Crippen molar-refractivity contribution in [3.8, 4) is 0 Å². The van der Waals surface area contributed by atoms with Gasteiger partial charge >= 0.3 is 11.9 Å². The molecule has 1 saturated heterocycles. The second kappa shape index (κ2) is 14.1. The minimum Gasteiger partial charge on any atom is -0.474 e. The molecule has 2 atom stereocenters. The van der Waals surface area contributed by atoms with E-state index in [9.17, 15) is 22.8 Å². The van der Waals surface area contributed by atoms with Crippen molar-refractivity contribution in [1.29, 1.82) is 5.41 Å². The highest BCUT2D eigenvalue weighted by Gasteiger charge is 2.28. The first-order chi connectivity index (χ1) is 19.5. The standard InChI is InChI=1S/C28H32N6O6S.ClH/c29-28(30)34-13-3-4-19(17-34)16-31-25(35)24(14-18-7-10-22(11-8-18)32-26(36)27(37)38)33-41(39,40)23-12-9-20-5-1-2-6-21(20)15-23;/h1-2,5-12,15,19,24,33H,3-4,13-14,16-17H2,(H3,29,30)(H,31,35)(H,32,36)(H,37,38);1H/t19-,24+;/m0./s1. The number of likely N-dealkylation sites (tertiary alicyclic amines) is 1. The van der Waals surface area contributed by atoms with Gasteiger partial charge in [-0.1, -0.05) is 42.5 Å². The van der Waals surface area contributed by atoms with Gasteiger partial charge in [0.25, 0.3) is 0 Å². The summed E-state index contributed by atoms with van der Waals surface area (Å²) in [6, 6.07) is 17.0. The van der Waals surface area contributed by atoms with Crippen LogP contribution < -0.4 is 21.1 Å². The van der Waals surface area contributed by atoms with Gasteiger partial charge in [0, 0.05) is 25.3 Å². The van der Waals surface area contributed by atoms with E-state index in [1.807, 2.05) is 18.2 Å². The van der Waals surface area contributed by atoms with E-state index in [4.69, 9.17) is 16.2 Å². The Balaban J connectivity index is 0.00000484. The van der Waals surface area contributed by atoms with Gasteiger partial charge in [0.15, 0.2) is 5.96 Å². The number of anilines is 1. The summed E-state index contributed by atoms with van der Waals surface area (Å²) in [6.07, 6.45) is 1.65. The average Bonchev–Trinajstić information content (AvgIpc) is 2.96. The first-order valence-corrected chi connectivity index (χ1v) is 14.5. The summed E-state index contributed by atoms with van der Waals surface area (Å²) in [4.78, 5) is 37.4. The minimum absolute atomic E-state index is 0. The van der Waals surface area contributed by atoms with Crippen LogP contribution in [0.3, 0.4) is 0 Å². The smallest absolute Gasteiger partial charge is 0.394 e. The first kappa shape index (κ1) is 32.3. The first-order valence-electron chi connectivity index (χ1n) is 13.0. The maximum Gasteiger partial charge on any atom is 0.394 e. The van der Waals surface area contributed by atoms with Gasteiger partial charge < -0.3 is 26.4 Å². The third-order valence-corrected chi connectivity index (χ3v) is 8.39.